The fourth-order valence-electron chi connectivity index (χ4n) is 2.67. The van der Waals surface area contributed by atoms with Crippen LogP contribution < -0.4 is 5.32 Å². The summed E-state index contributed by atoms with van der Waals surface area (Å²) in [7, 11) is 0. The summed E-state index contributed by atoms with van der Waals surface area (Å²) in [5.74, 6) is -1.35. The van der Waals surface area contributed by atoms with E-state index in [0.29, 0.717) is 0 Å². The molecule has 1 saturated heterocycles. The highest BCUT2D eigenvalue weighted by Gasteiger charge is 2.43. The molecule has 0 aromatic heterocycles. The zero-order chi connectivity index (χ0) is 18.8. The molecule has 1 aromatic carbocycles. The minimum Gasteiger partial charge on any atom is -0.444 e. The van der Waals surface area contributed by atoms with Crippen LogP contribution in [-0.2, 0) is 9.47 Å². The molecule has 0 radical (unpaired) electrons. The topological polar surface area (TPSA) is 88.0 Å². The number of halogens is 2. The second-order valence-electron chi connectivity index (χ2n) is 7.24. The van der Waals surface area contributed by atoms with Crippen LogP contribution in [0.5, 0.6) is 0 Å². The third kappa shape index (κ3) is 5.10. The second-order valence-corrected chi connectivity index (χ2v) is 7.24. The molecule has 1 amide bonds. The van der Waals surface area contributed by atoms with Gasteiger partial charge in [-0.2, -0.15) is 0 Å². The van der Waals surface area contributed by atoms with Gasteiger partial charge in [-0.05, 0) is 39.0 Å². The monoisotopic (exact) mass is 359 g/mol. The van der Waals surface area contributed by atoms with Crippen molar-refractivity contribution in [2.24, 2.45) is 0 Å². The molecule has 0 bridgehead atoms. The van der Waals surface area contributed by atoms with Crippen LogP contribution in [0.15, 0.2) is 18.2 Å². The molecule has 1 aromatic rings. The molecule has 1 aliphatic heterocycles. The van der Waals surface area contributed by atoms with Crippen molar-refractivity contribution in [1.82, 2.24) is 5.32 Å². The third-order valence-corrected chi connectivity index (χ3v) is 3.76. The zero-order valence-electron chi connectivity index (χ0n) is 14.4. The largest absolute Gasteiger partial charge is 0.444 e. The van der Waals surface area contributed by atoms with Crippen molar-refractivity contribution in [1.29, 1.82) is 0 Å². The van der Waals surface area contributed by atoms with E-state index in [-0.39, 0.29) is 18.6 Å². The number of rotatable bonds is 3. The molecule has 25 heavy (non-hydrogen) atoms. The van der Waals surface area contributed by atoms with Crippen LogP contribution in [0.3, 0.4) is 0 Å². The number of aliphatic hydroxyl groups is 2. The van der Waals surface area contributed by atoms with E-state index in [2.05, 4.69) is 5.32 Å². The molecule has 3 atom stereocenters. The van der Waals surface area contributed by atoms with E-state index in [1.165, 1.54) is 0 Å². The van der Waals surface area contributed by atoms with Gasteiger partial charge in [-0.3, -0.25) is 0 Å². The van der Waals surface area contributed by atoms with Crippen LogP contribution in [0, 0.1) is 11.6 Å². The average molecular weight is 359 g/mol. The van der Waals surface area contributed by atoms with Crippen LogP contribution in [0.4, 0.5) is 13.6 Å². The number of alkyl carbamates (subject to hydrolysis) is 1. The molecular weight excluding hydrogens is 336 g/mol. The lowest BCUT2D eigenvalue weighted by Crippen LogP contribution is -2.55. The van der Waals surface area contributed by atoms with E-state index in [1.807, 2.05) is 0 Å². The van der Waals surface area contributed by atoms with Crippen LogP contribution >= 0.6 is 0 Å². The lowest BCUT2D eigenvalue weighted by Gasteiger charge is -2.41. The number of carbonyl (C=O) groups is 1. The second kappa shape index (κ2) is 7.23. The van der Waals surface area contributed by atoms with E-state index in [9.17, 15) is 23.8 Å². The van der Waals surface area contributed by atoms with Crippen LogP contribution in [0.2, 0.25) is 0 Å². The van der Waals surface area contributed by atoms with Gasteiger partial charge >= 0.3 is 6.09 Å². The summed E-state index contributed by atoms with van der Waals surface area (Å²) in [5.41, 5.74) is -2.44. The third-order valence-electron chi connectivity index (χ3n) is 3.76. The standard InChI is InChI=1S/C17H23F2NO5/c1-16(2,3)25-15(22)20-13-7-17(23,8-21)9-24-14(13)11-6-10(18)4-5-12(11)19/h4-6,13-14,21,23H,7-9H2,1-3H3,(H,20,22). The first-order valence-corrected chi connectivity index (χ1v) is 7.92. The number of nitrogens with one attached hydrogen (secondary N) is 1. The Bertz CT molecular complexity index is 634. The Balaban J connectivity index is 2.27. The summed E-state index contributed by atoms with van der Waals surface area (Å²) in [6.45, 7) is 4.15. The van der Waals surface area contributed by atoms with Crippen LogP contribution in [0.1, 0.15) is 38.9 Å². The van der Waals surface area contributed by atoms with Crippen molar-refractivity contribution in [3.8, 4) is 0 Å². The number of hydrogen-bond donors (Lipinski definition) is 3. The predicted molar refractivity (Wildman–Crippen MR) is 84.9 cm³/mol. The van der Waals surface area contributed by atoms with Crippen molar-refractivity contribution in [3.63, 3.8) is 0 Å². The molecule has 0 saturated carbocycles. The summed E-state index contributed by atoms with van der Waals surface area (Å²) < 4.78 is 38.2. The maximum absolute atomic E-state index is 14.1. The van der Waals surface area contributed by atoms with Crippen LogP contribution in [-0.4, -0.2) is 46.8 Å². The molecule has 0 spiro atoms. The molecule has 3 unspecified atom stereocenters. The summed E-state index contributed by atoms with van der Waals surface area (Å²) in [6, 6.07) is 2.00. The van der Waals surface area contributed by atoms with E-state index in [4.69, 9.17) is 9.47 Å². The molecule has 6 nitrogen and oxygen atoms in total. The number of carbonyl (C=O) groups excluding carboxylic acids is 1. The molecule has 8 heteroatoms. The number of hydrogen-bond acceptors (Lipinski definition) is 5. The van der Waals surface area contributed by atoms with E-state index in [0.717, 1.165) is 18.2 Å². The van der Waals surface area contributed by atoms with Gasteiger partial charge in [-0.1, -0.05) is 0 Å². The van der Waals surface area contributed by atoms with E-state index >= 15 is 0 Å². The minimum atomic E-state index is -1.60. The number of aliphatic hydroxyl groups excluding tert-OH is 1. The Morgan fingerprint density at radius 1 is 1.44 bits per heavy atom. The fourth-order valence-corrected chi connectivity index (χ4v) is 2.67. The summed E-state index contributed by atoms with van der Waals surface area (Å²) in [6.07, 6.45) is -1.93. The predicted octanol–water partition coefficient (Wildman–Crippen LogP) is 2.04. The summed E-state index contributed by atoms with van der Waals surface area (Å²) in [5, 5.41) is 22.1. The van der Waals surface area contributed by atoms with Gasteiger partial charge in [0.15, 0.2) is 0 Å². The number of ether oxygens (including phenoxy) is 2. The Morgan fingerprint density at radius 2 is 2.12 bits per heavy atom. The first-order chi connectivity index (χ1) is 11.5. The summed E-state index contributed by atoms with van der Waals surface area (Å²) in [4.78, 5) is 12.1. The smallest absolute Gasteiger partial charge is 0.407 e. The number of benzene rings is 1. The lowest BCUT2D eigenvalue weighted by molar-refractivity contribution is -0.153. The van der Waals surface area contributed by atoms with Gasteiger partial charge in [0.25, 0.3) is 0 Å². The average Bonchev–Trinajstić information content (AvgIpc) is 2.48. The molecule has 3 N–H and O–H groups in total. The van der Waals surface area contributed by atoms with Gasteiger partial charge in [-0.15, -0.1) is 0 Å². The first-order valence-electron chi connectivity index (χ1n) is 7.92. The van der Waals surface area contributed by atoms with Crippen molar-refractivity contribution in [2.45, 2.75) is 50.5 Å². The molecule has 1 aliphatic rings. The van der Waals surface area contributed by atoms with E-state index in [1.54, 1.807) is 20.8 Å². The van der Waals surface area contributed by atoms with Crippen LogP contribution in [0.25, 0.3) is 0 Å². The highest BCUT2D eigenvalue weighted by molar-refractivity contribution is 5.68. The summed E-state index contributed by atoms with van der Waals surface area (Å²) >= 11 is 0. The molecule has 2 rings (SSSR count). The number of amides is 1. The Hall–Kier alpha value is -1.77. The van der Waals surface area contributed by atoms with Gasteiger partial charge < -0.3 is 25.0 Å². The van der Waals surface area contributed by atoms with Crippen molar-refractivity contribution < 1.29 is 33.3 Å². The first kappa shape index (κ1) is 19.6. The maximum atomic E-state index is 14.1. The van der Waals surface area contributed by atoms with Crippen molar-refractivity contribution >= 4 is 6.09 Å². The zero-order valence-corrected chi connectivity index (χ0v) is 14.4. The highest BCUT2D eigenvalue weighted by Crippen LogP contribution is 2.34. The quantitative estimate of drug-likeness (QED) is 0.769. The normalized spacial score (nSPS) is 27.0. The van der Waals surface area contributed by atoms with Gasteiger partial charge in [0, 0.05) is 12.0 Å². The van der Waals surface area contributed by atoms with Gasteiger partial charge in [0.2, 0.25) is 0 Å². The lowest BCUT2D eigenvalue weighted by atomic mass is 9.87. The fraction of sp³-hybridized carbons (Fsp3) is 0.588. The minimum absolute atomic E-state index is 0.0824. The molecule has 140 valence electrons. The van der Waals surface area contributed by atoms with Crippen molar-refractivity contribution in [2.75, 3.05) is 13.2 Å². The van der Waals surface area contributed by atoms with Gasteiger partial charge in [0.05, 0.1) is 19.3 Å². The SMILES string of the molecule is CC(C)(C)OC(=O)NC1CC(O)(CO)COC1c1cc(F)ccc1F. The Morgan fingerprint density at radius 3 is 2.72 bits per heavy atom. The van der Waals surface area contributed by atoms with E-state index < -0.39 is 47.7 Å². The maximum Gasteiger partial charge on any atom is 0.407 e. The molecular formula is C17H23F2NO5. The van der Waals surface area contributed by atoms with Gasteiger partial charge in [0.1, 0.15) is 28.9 Å². The van der Waals surface area contributed by atoms with Gasteiger partial charge in [-0.25, -0.2) is 13.6 Å². The Kier molecular flexibility index (Phi) is 5.65. The van der Waals surface area contributed by atoms with Crippen molar-refractivity contribution in [3.05, 3.63) is 35.4 Å². The Labute approximate surface area is 144 Å². The molecule has 0 aliphatic carbocycles. The molecule has 1 heterocycles. The molecule has 1 fully saturated rings. The highest BCUT2D eigenvalue weighted by atomic mass is 19.1.